The van der Waals surface area contributed by atoms with Crippen molar-refractivity contribution in [3.05, 3.63) is 146 Å². The fraction of sp³-hybridized carbons (Fsp3) is 0.627. The van der Waals surface area contributed by atoms with Crippen molar-refractivity contribution in [3.8, 4) is 0 Å². The molecule has 0 heterocycles. The Balaban J connectivity index is 3.63. The first-order valence-corrected chi connectivity index (χ1v) is 29.5. The normalized spacial score (nSPS) is 13.9. The van der Waals surface area contributed by atoms with E-state index in [1.165, 1.54) is 128 Å². The fourth-order valence-corrected chi connectivity index (χ4v) is 8.10. The number of hydrogen-bond acceptors (Lipinski definition) is 3. The number of amides is 1. The molecule has 0 aliphatic rings. The molecule has 3 N–H and O–H groups in total. The van der Waals surface area contributed by atoms with Crippen LogP contribution in [-0.2, 0) is 4.79 Å². The largest absolute Gasteiger partial charge is 0.394 e. The molecule has 0 spiro atoms. The molecular formula is C67H111NO3. The van der Waals surface area contributed by atoms with E-state index in [2.05, 4.69) is 153 Å². The Bertz CT molecular complexity index is 1480. The molecule has 0 saturated heterocycles. The van der Waals surface area contributed by atoms with Gasteiger partial charge in [-0.1, -0.05) is 282 Å². The fourth-order valence-electron chi connectivity index (χ4n) is 8.10. The SMILES string of the molecule is CC/C=C\C/C=C\C/C=C\C/C=C\C/C=C\C/C=C\C/C=C\C/C=C\C/C=C\C/C=C\CCCCCCCCCCCCC(=O)NC(CO)C(O)/C=C/CC/C=C/CCCCCCCCCCCCCC. The minimum absolute atomic E-state index is 0.0836. The summed E-state index contributed by atoms with van der Waals surface area (Å²) >= 11 is 0. The van der Waals surface area contributed by atoms with Crippen molar-refractivity contribution in [2.75, 3.05) is 6.61 Å². The summed E-state index contributed by atoms with van der Waals surface area (Å²) in [6, 6.07) is -0.651. The maximum absolute atomic E-state index is 12.5. The van der Waals surface area contributed by atoms with E-state index in [9.17, 15) is 15.0 Å². The Morgan fingerprint density at radius 2 is 0.634 bits per heavy atom. The molecule has 4 heteroatoms. The summed E-state index contributed by atoms with van der Waals surface area (Å²) in [4.78, 5) is 12.5. The van der Waals surface area contributed by atoms with E-state index < -0.39 is 12.1 Å². The summed E-state index contributed by atoms with van der Waals surface area (Å²) in [5.41, 5.74) is 0. The molecule has 1 amide bonds. The molecule has 0 aliphatic heterocycles. The molecule has 0 saturated carbocycles. The summed E-state index contributed by atoms with van der Waals surface area (Å²) in [6.07, 6.45) is 95.8. The van der Waals surface area contributed by atoms with Gasteiger partial charge in [0, 0.05) is 6.42 Å². The lowest BCUT2D eigenvalue weighted by Gasteiger charge is -2.19. The third kappa shape index (κ3) is 57.0. The van der Waals surface area contributed by atoms with E-state index >= 15 is 0 Å². The maximum atomic E-state index is 12.5. The van der Waals surface area contributed by atoms with Gasteiger partial charge in [-0.05, 0) is 109 Å². The zero-order chi connectivity index (χ0) is 51.3. The monoisotopic (exact) mass is 978 g/mol. The van der Waals surface area contributed by atoms with Gasteiger partial charge in [-0.2, -0.15) is 0 Å². The Hall–Kier alpha value is -3.73. The lowest BCUT2D eigenvalue weighted by Crippen LogP contribution is -2.45. The highest BCUT2D eigenvalue weighted by Gasteiger charge is 2.18. The first-order valence-electron chi connectivity index (χ1n) is 29.5. The second-order valence-electron chi connectivity index (χ2n) is 19.3. The van der Waals surface area contributed by atoms with Crippen LogP contribution in [0.3, 0.4) is 0 Å². The van der Waals surface area contributed by atoms with Gasteiger partial charge in [0.15, 0.2) is 0 Å². The van der Waals surface area contributed by atoms with Crippen LogP contribution < -0.4 is 5.32 Å². The summed E-state index contributed by atoms with van der Waals surface area (Å²) in [5, 5.41) is 23.1. The first kappa shape index (κ1) is 67.3. The van der Waals surface area contributed by atoms with Crippen molar-refractivity contribution >= 4 is 5.91 Å². The van der Waals surface area contributed by atoms with Crippen molar-refractivity contribution in [2.24, 2.45) is 0 Å². The standard InChI is InChI=1S/C67H111NO3/c1-3-5-7-9-11-13-15-17-19-21-23-24-25-26-27-28-29-30-31-32-33-34-35-36-37-38-39-40-41-42-43-44-45-47-49-51-53-55-57-59-61-63-67(71)68-65(64-69)66(70)62-60-58-56-54-52-50-48-46-22-20-18-16-14-12-10-8-6-4-2/h5,7,11,13,17,19,23-24,26-27,29-30,32-33,35-36,38-39,41-42,52,54,60,62,65-66,69-70H,3-4,6,8-10,12,14-16,18,20-22,25,28,31,34,37,40,43-51,53,55-59,61,63-64H2,1-2H3,(H,68,71)/b7-5-,13-11-,19-17-,24-23-,27-26-,30-29-,33-32-,36-35-,39-38-,42-41-,54-52+,62-60+. The van der Waals surface area contributed by atoms with Gasteiger partial charge >= 0.3 is 0 Å². The number of carbonyl (C=O) groups excluding carboxylic acids is 1. The number of aliphatic hydroxyl groups excluding tert-OH is 2. The average molecular weight is 979 g/mol. The van der Waals surface area contributed by atoms with Crippen molar-refractivity contribution in [3.63, 3.8) is 0 Å². The maximum Gasteiger partial charge on any atom is 0.220 e. The van der Waals surface area contributed by atoms with Gasteiger partial charge in [-0.15, -0.1) is 0 Å². The minimum atomic E-state index is -0.873. The summed E-state index contributed by atoms with van der Waals surface area (Å²) in [6.45, 7) is 4.18. The first-order chi connectivity index (χ1) is 35.2. The van der Waals surface area contributed by atoms with Crippen LogP contribution >= 0.6 is 0 Å². The molecule has 2 atom stereocenters. The Morgan fingerprint density at radius 3 is 0.986 bits per heavy atom. The molecule has 0 bridgehead atoms. The molecule has 0 aromatic heterocycles. The van der Waals surface area contributed by atoms with Crippen molar-refractivity contribution in [1.82, 2.24) is 5.32 Å². The van der Waals surface area contributed by atoms with E-state index in [1.807, 2.05) is 6.08 Å². The number of allylic oxidation sites excluding steroid dienone is 23. The molecular weight excluding hydrogens is 867 g/mol. The number of nitrogens with one attached hydrogen (secondary N) is 1. The third-order valence-electron chi connectivity index (χ3n) is 12.6. The van der Waals surface area contributed by atoms with Crippen LogP contribution in [0.5, 0.6) is 0 Å². The van der Waals surface area contributed by atoms with Gasteiger partial charge < -0.3 is 15.5 Å². The van der Waals surface area contributed by atoms with Crippen LogP contribution in [0, 0.1) is 0 Å². The van der Waals surface area contributed by atoms with Gasteiger partial charge in [0.1, 0.15) is 0 Å². The lowest BCUT2D eigenvalue weighted by molar-refractivity contribution is -0.123. The number of rotatable bonds is 52. The summed E-state index contributed by atoms with van der Waals surface area (Å²) in [7, 11) is 0. The molecule has 402 valence electrons. The zero-order valence-corrected chi connectivity index (χ0v) is 46.2. The molecule has 0 radical (unpaired) electrons. The van der Waals surface area contributed by atoms with E-state index in [-0.39, 0.29) is 12.5 Å². The van der Waals surface area contributed by atoms with Crippen molar-refractivity contribution in [1.29, 1.82) is 0 Å². The van der Waals surface area contributed by atoms with E-state index in [0.29, 0.717) is 6.42 Å². The van der Waals surface area contributed by atoms with Crippen LogP contribution in [0.15, 0.2) is 146 Å². The quantitative estimate of drug-likeness (QED) is 0.0420. The highest BCUT2D eigenvalue weighted by Crippen LogP contribution is 2.15. The molecule has 0 aromatic carbocycles. The Morgan fingerprint density at radius 1 is 0.352 bits per heavy atom. The Kier molecular flexibility index (Phi) is 57.4. The van der Waals surface area contributed by atoms with Crippen LogP contribution in [0.2, 0.25) is 0 Å². The van der Waals surface area contributed by atoms with E-state index in [1.54, 1.807) is 6.08 Å². The summed E-state index contributed by atoms with van der Waals surface area (Å²) in [5.74, 6) is -0.0836. The second kappa shape index (κ2) is 60.6. The topological polar surface area (TPSA) is 69.6 Å². The van der Waals surface area contributed by atoms with E-state index in [4.69, 9.17) is 0 Å². The predicted octanol–water partition coefficient (Wildman–Crippen LogP) is 20.0. The Labute approximate surface area is 440 Å². The van der Waals surface area contributed by atoms with Crippen molar-refractivity contribution < 1.29 is 15.0 Å². The predicted molar refractivity (Wildman–Crippen MR) is 317 cm³/mol. The van der Waals surface area contributed by atoms with Crippen LogP contribution in [0.4, 0.5) is 0 Å². The number of hydrogen-bond donors (Lipinski definition) is 3. The van der Waals surface area contributed by atoms with Crippen LogP contribution in [0.1, 0.15) is 251 Å². The zero-order valence-electron chi connectivity index (χ0n) is 46.2. The molecule has 0 aromatic rings. The minimum Gasteiger partial charge on any atom is -0.394 e. The lowest BCUT2D eigenvalue weighted by atomic mass is 10.0. The van der Waals surface area contributed by atoms with Crippen molar-refractivity contribution in [2.45, 2.75) is 264 Å². The molecule has 0 fully saturated rings. The number of aliphatic hydroxyl groups is 2. The molecule has 2 unspecified atom stereocenters. The molecule has 0 rings (SSSR count). The number of carbonyl (C=O) groups is 1. The molecule has 4 nitrogen and oxygen atoms in total. The highest BCUT2D eigenvalue weighted by atomic mass is 16.3. The molecule has 0 aliphatic carbocycles. The summed E-state index contributed by atoms with van der Waals surface area (Å²) < 4.78 is 0. The third-order valence-corrected chi connectivity index (χ3v) is 12.6. The second-order valence-corrected chi connectivity index (χ2v) is 19.3. The van der Waals surface area contributed by atoms with Crippen LogP contribution in [-0.4, -0.2) is 34.9 Å². The van der Waals surface area contributed by atoms with Crippen LogP contribution in [0.25, 0.3) is 0 Å². The van der Waals surface area contributed by atoms with Gasteiger partial charge in [-0.25, -0.2) is 0 Å². The van der Waals surface area contributed by atoms with Gasteiger partial charge in [0.2, 0.25) is 5.91 Å². The molecule has 71 heavy (non-hydrogen) atoms. The highest BCUT2D eigenvalue weighted by molar-refractivity contribution is 5.76. The van der Waals surface area contributed by atoms with Gasteiger partial charge in [0.25, 0.3) is 0 Å². The van der Waals surface area contributed by atoms with Gasteiger partial charge in [-0.3, -0.25) is 4.79 Å². The average Bonchev–Trinajstić information content (AvgIpc) is 3.37. The smallest absolute Gasteiger partial charge is 0.220 e. The number of unbranched alkanes of at least 4 members (excludes halogenated alkanes) is 23. The van der Waals surface area contributed by atoms with Gasteiger partial charge in [0.05, 0.1) is 18.8 Å². The van der Waals surface area contributed by atoms with E-state index in [0.717, 1.165) is 103 Å².